The van der Waals surface area contributed by atoms with Gasteiger partial charge in [-0.2, -0.15) is 0 Å². The van der Waals surface area contributed by atoms with E-state index in [9.17, 15) is 14.4 Å². The molecule has 6 nitrogen and oxygen atoms in total. The van der Waals surface area contributed by atoms with Crippen molar-refractivity contribution in [3.63, 3.8) is 0 Å². The Labute approximate surface area is 390 Å². The molecule has 0 aromatic rings. The summed E-state index contributed by atoms with van der Waals surface area (Å²) in [5.41, 5.74) is 0. The average Bonchev–Trinajstić information content (AvgIpc) is 3.28. The minimum atomic E-state index is -0.787. The maximum Gasteiger partial charge on any atom is 0.306 e. The van der Waals surface area contributed by atoms with Crippen molar-refractivity contribution in [2.24, 2.45) is 0 Å². The number of esters is 3. The highest BCUT2D eigenvalue weighted by atomic mass is 16.6. The number of hydrogen-bond acceptors (Lipinski definition) is 6. The molecule has 1 atom stereocenters. The lowest BCUT2D eigenvalue weighted by molar-refractivity contribution is -0.167. The Balaban J connectivity index is 4.40. The lowest BCUT2D eigenvalue weighted by Crippen LogP contribution is -2.30. The number of rotatable bonds is 48. The first-order valence-corrected chi connectivity index (χ1v) is 26.8. The second kappa shape index (κ2) is 51.7. The van der Waals surface area contributed by atoms with E-state index in [4.69, 9.17) is 14.2 Å². The Bertz CT molecular complexity index is 1150. The smallest absolute Gasteiger partial charge is 0.306 e. The van der Waals surface area contributed by atoms with E-state index < -0.39 is 6.10 Å². The predicted octanol–water partition coefficient (Wildman–Crippen LogP) is 17.6. The monoisotopic (exact) mass is 881 g/mol. The van der Waals surface area contributed by atoms with Gasteiger partial charge in [-0.15, -0.1) is 0 Å². The number of carbonyl (C=O) groups excluding carboxylic acids is 3. The molecule has 0 spiro atoms. The molecule has 0 aliphatic rings. The minimum Gasteiger partial charge on any atom is -0.462 e. The zero-order chi connectivity index (χ0) is 45.8. The average molecular weight is 881 g/mol. The van der Waals surface area contributed by atoms with Gasteiger partial charge in [0.2, 0.25) is 0 Å². The molecule has 0 bridgehead atoms. The van der Waals surface area contributed by atoms with Crippen LogP contribution in [0.25, 0.3) is 0 Å². The van der Waals surface area contributed by atoms with Crippen molar-refractivity contribution in [3.8, 4) is 0 Å². The normalized spacial score (nSPS) is 12.5. The summed E-state index contributed by atoms with van der Waals surface area (Å²) in [5.74, 6) is -0.907. The molecule has 0 aromatic carbocycles. The number of unbranched alkanes of at least 4 members (excludes halogenated alkanes) is 27. The molecule has 0 radical (unpaired) electrons. The van der Waals surface area contributed by atoms with Crippen LogP contribution in [-0.2, 0) is 28.6 Å². The van der Waals surface area contributed by atoms with Crippen LogP contribution in [0.15, 0.2) is 60.8 Å². The SMILES string of the molecule is CC/C=C\C/C=C\C/C=C\CCCCCCC(=O)OC(COC(=O)CCCCCCCCC/C=C\C/C=C\CCCCC)COC(=O)CCCCCCCCCCCCCCCC. The maximum atomic E-state index is 12.8. The molecule has 0 rings (SSSR count). The molecule has 0 aliphatic heterocycles. The number of hydrogen-bond donors (Lipinski definition) is 0. The fraction of sp³-hybridized carbons (Fsp3) is 0.772. The molecular formula is C57H100O6. The third-order valence-corrected chi connectivity index (χ3v) is 11.5. The van der Waals surface area contributed by atoms with Gasteiger partial charge in [0.15, 0.2) is 6.10 Å². The first kappa shape index (κ1) is 60.1. The molecule has 0 fully saturated rings. The van der Waals surface area contributed by atoms with Crippen LogP contribution in [-0.4, -0.2) is 37.2 Å². The van der Waals surface area contributed by atoms with E-state index >= 15 is 0 Å². The van der Waals surface area contributed by atoms with Gasteiger partial charge >= 0.3 is 17.9 Å². The quantitative estimate of drug-likeness (QED) is 0.0262. The zero-order valence-corrected chi connectivity index (χ0v) is 41.6. The van der Waals surface area contributed by atoms with Crippen molar-refractivity contribution < 1.29 is 28.6 Å². The van der Waals surface area contributed by atoms with Crippen molar-refractivity contribution in [2.45, 2.75) is 271 Å². The molecule has 0 saturated carbocycles. The van der Waals surface area contributed by atoms with Gasteiger partial charge in [0, 0.05) is 19.3 Å². The molecule has 0 saturated heterocycles. The fourth-order valence-corrected chi connectivity index (χ4v) is 7.49. The minimum absolute atomic E-state index is 0.0839. The second-order valence-electron chi connectivity index (χ2n) is 17.8. The van der Waals surface area contributed by atoms with E-state index in [0.717, 1.165) is 103 Å². The van der Waals surface area contributed by atoms with E-state index in [1.54, 1.807) is 0 Å². The van der Waals surface area contributed by atoms with Gasteiger partial charge in [-0.3, -0.25) is 14.4 Å². The van der Waals surface area contributed by atoms with E-state index in [-0.39, 0.29) is 31.1 Å². The highest BCUT2D eigenvalue weighted by Gasteiger charge is 2.19. The van der Waals surface area contributed by atoms with E-state index in [1.807, 2.05) is 0 Å². The first-order valence-electron chi connectivity index (χ1n) is 26.8. The third-order valence-electron chi connectivity index (χ3n) is 11.5. The van der Waals surface area contributed by atoms with E-state index in [1.165, 1.54) is 122 Å². The van der Waals surface area contributed by atoms with Crippen LogP contribution in [0.3, 0.4) is 0 Å². The standard InChI is InChI=1S/C57H100O6/c1-4-7-10-13-16-19-22-25-28-29-30-33-35-38-41-44-47-50-56(59)62-53-54(63-57(60)51-48-45-42-39-36-32-27-24-21-18-15-12-9-6-3)52-61-55(58)49-46-43-40-37-34-31-26-23-20-17-14-11-8-5-2/h9,12,16,18-19,21,25,27-28,32,54H,4-8,10-11,13-15,17,20,22-24,26,29-31,33-53H2,1-3H3/b12-9-,19-16-,21-18-,28-25-,32-27-. The van der Waals surface area contributed by atoms with Gasteiger partial charge in [0.05, 0.1) is 0 Å². The Morgan fingerprint density at radius 1 is 0.333 bits per heavy atom. The summed E-state index contributed by atoms with van der Waals surface area (Å²) in [5, 5.41) is 0. The van der Waals surface area contributed by atoms with E-state index in [2.05, 4.69) is 81.5 Å². The summed E-state index contributed by atoms with van der Waals surface area (Å²) in [6.07, 6.45) is 63.4. The molecule has 0 heterocycles. The Kier molecular flexibility index (Phi) is 49.4. The van der Waals surface area contributed by atoms with Crippen LogP contribution < -0.4 is 0 Å². The summed E-state index contributed by atoms with van der Waals surface area (Å²) in [6.45, 7) is 6.49. The summed E-state index contributed by atoms with van der Waals surface area (Å²) in [7, 11) is 0. The van der Waals surface area contributed by atoms with Crippen LogP contribution in [0, 0.1) is 0 Å². The summed E-state index contributed by atoms with van der Waals surface area (Å²) in [4.78, 5) is 38.0. The van der Waals surface area contributed by atoms with Gasteiger partial charge in [-0.25, -0.2) is 0 Å². The molecule has 0 aromatic heterocycles. The lowest BCUT2D eigenvalue weighted by Gasteiger charge is -2.18. The number of carbonyl (C=O) groups is 3. The molecule has 0 aliphatic carbocycles. The van der Waals surface area contributed by atoms with E-state index in [0.29, 0.717) is 19.3 Å². The van der Waals surface area contributed by atoms with Gasteiger partial charge < -0.3 is 14.2 Å². The van der Waals surface area contributed by atoms with Crippen LogP contribution in [0.5, 0.6) is 0 Å². The van der Waals surface area contributed by atoms with Gasteiger partial charge in [0.1, 0.15) is 13.2 Å². The lowest BCUT2D eigenvalue weighted by atomic mass is 10.0. The van der Waals surface area contributed by atoms with Gasteiger partial charge in [-0.1, -0.05) is 223 Å². The number of allylic oxidation sites excluding steroid dienone is 10. The van der Waals surface area contributed by atoms with Crippen molar-refractivity contribution in [3.05, 3.63) is 60.8 Å². The molecule has 0 amide bonds. The molecule has 63 heavy (non-hydrogen) atoms. The van der Waals surface area contributed by atoms with Crippen LogP contribution in [0.1, 0.15) is 265 Å². The van der Waals surface area contributed by atoms with Crippen molar-refractivity contribution in [2.75, 3.05) is 13.2 Å². The van der Waals surface area contributed by atoms with Crippen molar-refractivity contribution in [1.82, 2.24) is 0 Å². The third kappa shape index (κ3) is 50.0. The van der Waals surface area contributed by atoms with Gasteiger partial charge in [-0.05, 0) is 83.5 Å². The van der Waals surface area contributed by atoms with Crippen LogP contribution in [0.2, 0.25) is 0 Å². The van der Waals surface area contributed by atoms with Crippen LogP contribution >= 0.6 is 0 Å². The number of ether oxygens (including phenoxy) is 3. The topological polar surface area (TPSA) is 78.9 Å². The maximum absolute atomic E-state index is 12.8. The molecular weight excluding hydrogens is 781 g/mol. The highest BCUT2D eigenvalue weighted by Crippen LogP contribution is 2.15. The summed E-state index contributed by atoms with van der Waals surface area (Å²) in [6, 6.07) is 0. The Morgan fingerprint density at radius 3 is 1.00 bits per heavy atom. The Hall–Kier alpha value is -2.89. The van der Waals surface area contributed by atoms with Crippen molar-refractivity contribution >= 4 is 17.9 Å². The highest BCUT2D eigenvalue weighted by molar-refractivity contribution is 5.71. The second-order valence-corrected chi connectivity index (χ2v) is 17.8. The van der Waals surface area contributed by atoms with Crippen molar-refractivity contribution in [1.29, 1.82) is 0 Å². The molecule has 0 N–H and O–H groups in total. The van der Waals surface area contributed by atoms with Crippen LogP contribution in [0.4, 0.5) is 0 Å². The first-order chi connectivity index (χ1) is 31.0. The molecule has 1 unspecified atom stereocenters. The Morgan fingerprint density at radius 2 is 0.619 bits per heavy atom. The van der Waals surface area contributed by atoms with Gasteiger partial charge in [0.25, 0.3) is 0 Å². The molecule has 6 heteroatoms. The summed E-state index contributed by atoms with van der Waals surface area (Å²) >= 11 is 0. The summed E-state index contributed by atoms with van der Waals surface area (Å²) < 4.78 is 16.8. The molecule has 364 valence electrons. The zero-order valence-electron chi connectivity index (χ0n) is 41.6. The largest absolute Gasteiger partial charge is 0.462 e. The fourth-order valence-electron chi connectivity index (χ4n) is 7.49. The predicted molar refractivity (Wildman–Crippen MR) is 270 cm³/mol.